The van der Waals surface area contributed by atoms with E-state index in [0.717, 1.165) is 6.61 Å². The molecule has 0 saturated carbocycles. The molecule has 0 unspecified atom stereocenters. The zero-order valence-corrected chi connectivity index (χ0v) is 8.02. The van der Waals surface area contributed by atoms with Crippen LogP contribution < -0.4 is 5.32 Å². The lowest BCUT2D eigenvalue weighted by Gasteiger charge is -2.16. The summed E-state index contributed by atoms with van der Waals surface area (Å²) >= 11 is 0. The first-order valence-electron chi connectivity index (χ1n) is 4.36. The highest BCUT2D eigenvalue weighted by molar-refractivity contribution is 5.76. The van der Waals surface area contributed by atoms with E-state index in [1.54, 1.807) is 0 Å². The number of carbonyl (C=O) groups is 1. The topological polar surface area (TPSA) is 41.6 Å². The predicted octanol–water partition coefficient (Wildman–Crippen LogP) is 0.938. The normalized spacial score (nSPS) is 22.1. The second kappa shape index (κ2) is 3.44. The molecule has 12 heavy (non-hydrogen) atoms. The molecule has 1 aliphatic rings. The van der Waals surface area contributed by atoms with Gasteiger partial charge in [0.1, 0.15) is 0 Å². The minimum Gasteiger partial charge on any atom is -0.371 e. The van der Waals surface area contributed by atoms with Crippen LogP contribution in [0.3, 0.4) is 0 Å². The van der Waals surface area contributed by atoms with Gasteiger partial charge >= 0.3 is 0 Å². The molecule has 0 aromatic rings. The van der Waals surface area contributed by atoms with Crippen molar-refractivity contribution in [1.82, 2.24) is 5.32 Å². The maximum atomic E-state index is 11.2. The lowest BCUT2D eigenvalue weighted by atomic mass is 9.92. The van der Waals surface area contributed by atoms with Crippen LogP contribution in [-0.4, -0.2) is 25.2 Å². The predicted molar refractivity (Wildman–Crippen MR) is 46.8 cm³/mol. The smallest absolute Gasteiger partial charge is 0.220 e. The molecule has 0 bridgehead atoms. The summed E-state index contributed by atoms with van der Waals surface area (Å²) in [6, 6.07) is 0. The summed E-state index contributed by atoms with van der Waals surface area (Å²) < 4.78 is 4.97. The van der Waals surface area contributed by atoms with Crippen LogP contribution in [0.2, 0.25) is 0 Å². The maximum Gasteiger partial charge on any atom is 0.220 e. The van der Waals surface area contributed by atoms with E-state index in [9.17, 15) is 4.79 Å². The second-order valence-electron chi connectivity index (χ2n) is 4.50. The van der Waals surface area contributed by atoms with Crippen molar-refractivity contribution >= 4 is 5.91 Å². The van der Waals surface area contributed by atoms with Gasteiger partial charge in [-0.15, -0.1) is 0 Å². The van der Waals surface area contributed by atoms with Crippen LogP contribution in [0.1, 0.15) is 27.2 Å². The molecule has 0 spiro atoms. The number of nitrogens with one attached hydrogen (secondary N) is 1. The standard InChI is InChI=1S/C9H17NO2/c1-9(2,3)4-8(11)10-5-7-6-12-7/h7H,4-6H2,1-3H3,(H,10,11)/t7-/m0/s1. The van der Waals surface area contributed by atoms with Gasteiger partial charge in [0.25, 0.3) is 0 Å². The molecule has 1 N–H and O–H groups in total. The fourth-order valence-corrected chi connectivity index (χ4v) is 0.958. The number of hydrogen-bond donors (Lipinski definition) is 1. The first-order valence-corrected chi connectivity index (χ1v) is 4.36. The lowest BCUT2D eigenvalue weighted by Crippen LogP contribution is -2.30. The van der Waals surface area contributed by atoms with E-state index in [4.69, 9.17) is 4.74 Å². The molecule has 1 atom stereocenters. The third-order valence-corrected chi connectivity index (χ3v) is 1.62. The Bertz CT molecular complexity index is 168. The molecule has 1 heterocycles. The Kier molecular flexibility index (Phi) is 2.73. The third kappa shape index (κ3) is 4.34. The molecule has 0 aromatic carbocycles. The average Bonchev–Trinajstić information content (AvgIpc) is 2.61. The lowest BCUT2D eigenvalue weighted by molar-refractivity contribution is -0.122. The van der Waals surface area contributed by atoms with Crippen molar-refractivity contribution in [3.8, 4) is 0 Å². The van der Waals surface area contributed by atoms with Crippen molar-refractivity contribution in [2.45, 2.75) is 33.3 Å². The van der Waals surface area contributed by atoms with Crippen molar-refractivity contribution in [3.05, 3.63) is 0 Å². The zero-order chi connectivity index (χ0) is 9.19. The quantitative estimate of drug-likeness (QED) is 0.642. The van der Waals surface area contributed by atoms with Gasteiger partial charge in [-0.25, -0.2) is 0 Å². The van der Waals surface area contributed by atoms with Crippen molar-refractivity contribution in [3.63, 3.8) is 0 Å². The fourth-order valence-electron chi connectivity index (χ4n) is 0.958. The summed E-state index contributed by atoms with van der Waals surface area (Å²) in [7, 11) is 0. The summed E-state index contributed by atoms with van der Waals surface area (Å²) in [6.07, 6.45) is 0.869. The molecule has 0 aromatic heterocycles. The number of epoxide rings is 1. The Balaban J connectivity index is 2.10. The summed E-state index contributed by atoms with van der Waals surface area (Å²) in [4.78, 5) is 11.2. The Morgan fingerprint density at radius 3 is 2.58 bits per heavy atom. The monoisotopic (exact) mass is 171 g/mol. The summed E-state index contributed by atoms with van der Waals surface area (Å²) in [5.41, 5.74) is 0.0779. The molecule has 1 saturated heterocycles. The SMILES string of the molecule is CC(C)(C)CC(=O)NC[C@H]1CO1. The summed E-state index contributed by atoms with van der Waals surface area (Å²) in [5, 5.41) is 2.84. The first kappa shape index (κ1) is 9.52. The van der Waals surface area contributed by atoms with Gasteiger partial charge in [-0.2, -0.15) is 0 Å². The highest BCUT2D eigenvalue weighted by Gasteiger charge is 2.23. The van der Waals surface area contributed by atoms with E-state index >= 15 is 0 Å². The second-order valence-corrected chi connectivity index (χ2v) is 4.50. The van der Waals surface area contributed by atoms with Crippen molar-refractivity contribution in [2.75, 3.05) is 13.2 Å². The molecule has 3 nitrogen and oxygen atoms in total. The molecular weight excluding hydrogens is 154 g/mol. The summed E-state index contributed by atoms with van der Waals surface area (Å²) in [6.45, 7) is 7.64. The summed E-state index contributed by atoms with van der Waals surface area (Å²) in [5.74, 6) is 0.123. The highest BCUT2D eigenvalue weighted by atomic mass is 16.6. The van der Waals surface area contributed by atoms with Gasteiger partial charge in [-0.05, 0) is 5.41 Å². The third-order valence-electron chi connectivity index (χ3n) is 1.62. The Labute approximate surface area is 73.5 Å². The van der Waals surface area contributed by atoms with Gasteiger partial charge in [0.15, 0.2) is 0 Å². The molecular formula is C9H17NO2. The van der Waals surface area contributed by atoms with E-state index in [1.165, 1.54) is 0 Å². The molecule has 0 aliphatic carbocycles. The van der Waals surface area contributed by atoms with Crippen LogP contribution in [0, 0.1) is 5.41 Å². The van der Waals surface area contributed by atoms with Crippen LogP contribution in [0.15, 0.2) is 0 Å². The molecule has 3 heteroatoms. The van der Waals surface area contributed by atoms with E-state index in [2.05, 4.69) is 26.1 Å². The van der Waals surface area contributed by atoms with Crippen molar-refractivity contribution in [1.29, 1.82) is 0 Å². The average molecular weight is 171 g/mol. The molecule has 1 amide bonds. The Hall–Kier alpha value is -0.570. The van der Waals surface area contributed by atoms with E-state index in [-0.39, 0.29) is 17.4 Å². The Morgan fingerprint density at radius 2 is 2.17 bits per heavy atom. The van der Waals surface area contributed by atoms with Crippen LogP contribution in [0.25, 0.3) is 0 Å². The molecule has 70 valence electrons. The van der Waals surface area contributed by atoms with Gasteiger partial charge in [0.05, 0.1) is 12.7 Å². The van der Waals surface area contributed by atoms with Crippen molar-refractivity contribution in [2.24, 2.45) is 5.41 Å². The van der Waals surface area contributed by atoms with Gasteiger partial charge in [0.2, 0.25) is 5.91 Å². The minimum atomic E-state index is 0.0779. The van der Waals surface area contributed by atoms with Crippen LogP contribution >= 0.6 is 0 Å². The van der Waals surface area contributed by atoms with Gasteiger partial charge < -0.3 is 10.1 Å². The zero-order valence-electron chi connectivity index (χ0n) is 8.02. The maximum absolute atomic E-state index is 11.2. The highest BCUT2D eigenvalue weighted by Crippen LogP contribution is 2.17. The van der Waals surface area contributed by atoms with Crippen LogP contribution in [0.4, 0.5) is 0 Å². The number of carbonyl (C=O) groups excluding carboxylic acids is 1. The number of amides is 1. The van der Waals surface area contributed by atoms with E-state index in [1.807, 2.05) is 0 Å². The Morgan fingerprint density at radius 1 is 1.58 bits per heavy atom. The number of rotatable bonds is 3. The van der Waals surface area contributed by atoms with Gasteiger partial charge in [-0.1, -0.05) is 20.8 Å². The number of ether oxygens (including phenoxy) is 1. The number of hydrogen-bond acceptors (Lipinski definition) is 2. The van der Waals surface area contributed by atoms with E-state index < -0.39 is 0 Å². The molecule has 0 radical (unpaired) electrons. The van der Waals surface area contributed by atoms with Crippen molar-refractivity contribution < 1.29 is 9.53 Å². The molecule has 1 rings (SSSR count). The van der Waals surface area contributed by atoms with E-state index in [0.29, 0.717) is 13.0 Å². The van der Waals surface area contributed by atoms with Gasteiger partial charge in [0, 0.05) is 13.0 Å². The van der Waals surface area contributed by atoms with Crippen LogP contribution in [-0.2, 0) is 9.53 Å². The van der Waals surface area contributed by atoms with Gasteiger partial charge in [-0.3, -0.25) is 4.79 Å². The molecule has 1 aliphatic heterocycles. The largest absolute Gasteiger partial charge is 0.371 e. The molecule has 1 fully saturated rings. The fraction of sp³-hybridized carbons (Fsp3) is 0.889. The van der Waals surface area contributed by atoms with Crippen LogP contribution in [0.5, 0.6) is 0 Å². The minimum absolute atomic E-state index is 0.0779. The first-order chi connectivity index (χ1) is 5.47.